The Morgan fingerprint density at radius 3 is 1.17 bits per heavy atom. The van der Waals surface area contributed by atoms with Crippen molar-refractivity contribution in [1.29, 1.82) is 0 Å². The predicted octanol–water partition coefficient (Wildman–Crippen LogP) is 5.70. The normalized spacial score (nSPS) is 10.3. The minimum Gasteiger partial charge on any atom is -0.312 e. The van der Waals surface area contributed by atoms with Gasteiger partial charge in [-0.25, -0.2) is 0 Å². The molecule has 0 aromatic carbocycles. The first kappa shape index (κ1) is 20.3. The molecule has 0 N–H and O–H groups in total. The van der Waals surface area contributed by atoms with E-state index < -0.39 is 0 Å². The molecule has 0 aromatic heterocycles. The van der Waals surface area contributed by atoms with Crippen LogP contribution >= 0.6 is 0 Å². The summed E-state index contributed by atoms with van der Waals surface area (Å²) in [6, 6.07) is 0. The smallest absolute Gasteiger partial charge is 0.0140 e. The van der Waals surface area contributed by atoms with Crippen LogP contribution in [0.15, 0.2) is 0 Å². The maximum absolute atomic E-state index is 3.86. The lowest BCUT2D eigenvalue weighted by molar-refractivity contribution is 0.505. The lowest BCUT2D eigenvalue weighted by atomic mass is 10.1. The van der Waals surface area contributed by atoms with Crippen LogP contribution in [0.25, 0.3) is 0 Å². The summed E-state index contributed by atoms with van der Waals surface area (Å²) in [5.74, 6) is 0. The second kappa shape index (κ2) is 19.3. The van der Waals surface area contributed by atoms with Crippen LogP contribution in [-0.2, 0) is 0 Å². The van der Waals surface area contributed by atoms with E-state index in [4.69, 9.17) is 0 Å². The minimum absolute atomic E-state index is 1.12. The molecule has 1 radical (unpaired) electrons. The summed E-state index contributed by atoms with van der Waals surface area (Å²) in [6.07, 6.45) is 16.9. The van der Waals surface area contributed by atoms with E-state index in [9.17, 15) is 0 Å². The van der Waals surface area contributed by atoms with Crippen molar-refractivity contribution in [1.82, 2.24) is 4.90 Å². The van der Waals surface area contributed by atoms with E-state index in [0.29, 0.717) is 0 Å². The number of hydrogen-bond acceptors (Lipinski definition) is 1. The van der Waals surface area contributed by atoms with Crippen molar-refractivity contribution in [3.63, 3.8) is 0 Å². The van der Waals surface area contributed by atoms with Gasteiger partial charge in [0, 0.05) is 0 Å². The van der Waals surface area contributed by atoms with Crippen molar-refractivity contribution >= 4 is 0 Å². The lowest BCUT2D eigenvalue weighted by Crippen LogP contribution is -1.99. The van der Waals surface area contributed by atoms with Crippen LogP contribution in [0, 0.1) is 6.92 Å². The number of hydrogen-bond donors (Lipinski definition) is 0. The molecule has 0 fully saturated rings. The van der Waals surface area contributed by atoms with Crippen LogP contribution in [0.1, 0.15) is 84.0 Å². The molecule has 0 aromatic rings. The van der Waals surface area contributed by atoms with Gasteiger partial charge in [-0.3, -0.25) is 0 Å². The third-order valence-corrected chi connectivity index (χ3v) is 2.85. The SMILES string of the molecule is CN(C)C.[CH2]CCCCCCCCCCCCC. The molecule has 0 saturated heterocycles. The van der Waals surface area contributed by atoms with E-state index in [1.54, 1.807) is 0 Å². The second-order valence-corrected chi connectivity index (χ2v) is 5.73. The fraction of sp³-hybridized carbons (Fsp3) is 0.941. The fourth-order valence-corrected chi connectivity index (χ4v) is 1.84. The van der Waals surface area contributed by atoms with Crippen LogP contribution in [0.4, 0.5) is 0 Å². The van der Waals surface area contributed by atoms with Crippen molar-refractivity contribution in [3.8, 4) is 0 Å². The molecule has 0 spiro atoms. The first-order valence-corrected chi connectivity index (χ1v) is 8.05. The molecular weight excluding hydrogens is 218 g/mol. The number of nitrogens with zero attached hydrogens (tertiary/aromatic N) is 1. The highest BCUT2D eigenvalue weighted by Crippen LogP contribution is 2.11. The van der Waals surface area contributed by atoms with Gasteiger partial charge in [0.05, 0.1) is 0 Å². The van der Waals surface area contributed by atoms with Gasteiger partial charge < -0.3 is 4.90 Å². The fourth-order valence-electron chi connectivity index (χ4n) is 1.84. The standard InChI is InChI=1S/C14H29.C3H9N/c1-3-5-7-9-11-13-14-12-10-8-6-4-2;1-4(2)3/h1,3-14H2,2H3;1-3H3. The van der Waals surface area contributed by atoms with Gasteiger partial charge in [0.1, 0.15) is 0 Å². The lowest BCUT2D eigenvalue weighted by Gasteiger charge is -2.01. The van der Waals surface area contributed by atoms with Crippen molar-refractivity contribution in [2.24, 2.45) is 0 Å². The Balaban J connectivity index is 0. The summed E-state index contributed by atoms with van der Waals surface area (Å²) in [6.45, 7) is 6.14. The minimum atomic E-state index is 1.12. The highest BCUT2D eigenvalue weighted by molar-refractivity contribution is 4.48. The quantitative estimate of drug-likeness (QED) is 0.429. The van der Waals surface area contributed by atoms with Crippen LogP contribution in [0.2, 0.25) is 0 Å². The topological polar surface area (TPSA) is 3.24 Å². The van der Waals surface area contributed by atoms with Crippen molar-refractivity contribution < 1.29 is 0 Å². The molecule has 0 bridgehead atoms. The third-order valence-electron chi connectivity index (χ3n) is 2.85. The Labute approximate surface area is 117 Å². The number of unbranched alkanes of at least 4 members (excludes halogenated alkanes) is 11. The van der Waals surface area contributed by atoms with Crippen molar-refractivity contribution in [3.05, 3.63) is 6.92 Å². The Morgan fingerprint density at radius 1 is 0.611 bits per heavy atom. The van der Waals surface area contributed by atoms with Crippen molar-refractivity contribution in [2.45, 2.75) is 84.0 Å². The summed E-state index contributed by atoms with van der Waals surface area (Å²) >= 11 is 0. The Kier molecular flexibility index (Phi) is 21.7. The molecular formula is C17H38N. The summed E-state index contributed by atoms with van der Waals surface area (Å²) in [7, 11) is 6.00. The van der Waals surface area contributed by atoms with Crippen molar-refractivity contribution in [2.75, 3.05) is 21.1 Å². The van der Waals surface area contributed by atoms with E-state index in [0.717, 1.165) is 6.42 Å². The summed E-state index contributed by atoms with van der Waals surface area (Å²) < 4.78 is 0. The zero-order valence-corrected chi connectivity index (χ0v) is 13.6. The molecule has 0 atom stereocenters. The monoisotopic (exact) mass is 256 g/mol. The molecule has 0 aliphatic carbocycles. The molecule has 0 rings (SSSR count). The maximum Gasteiger partial charge on any atom is -0.0140 e. The van der Waals surface area contributed by atoms with E-state index in [-0.39, 0.29) is 0 Å². The van der Waals surface area contributed by atoms with Gasteiger partial charge in [0.15, 0.2) is 0 Å². The van der Waals surface area contributed by atoms with E-state index in [2.05, 4.69) is 13.8 Å². The Hall–Kier alpha value is -0.0400. The number of rotatable bonds is 11. The first-order valence-electron chi connectivity index (χ1n) is 8.05. The van der Waals surface area contributed by atoms with E-state index >= 15 is 0 Å². The zero-order valence-electron chi connectivity index (χ0n) is 13.6. The molecule has 1 heteroatoms. The average molecular weight is 256 g/mol. The van der Waals surface area contributed by atoms with Gasteiger partial charge >= 0.3 is 0 Å². The van der Waals surface area contributed by atoms with E-state index in [1.165, 1.54) is 70.6 Å². The largest absolute Gasteiger partial charge is 0.312 e. The predicted molar refractivity (Wildman–Crippen MR) is 86.0 cm³/mol. The Morgan fingerprint density at radius 2 is 0.889 bits per heavy atom. The highest BCUT2D eigenvalue weighted by atomic mass is 15.0. The Bertz CT molecular complexity index is 106. The molecule has 1 nitrogen and oxygen atoms in total. The van der Waals surface area contributed by atoms with Crippen LogP contribution in [0.5, 0.6) is 0 Å². The summed E-state index contributed by atoms with van der Waals surface area (Å²) in [5.41, 5.74) is 0. The van der Waals surface area contributed by atoms with Gasteiger partial charge in [-0.05, 0) is 21.1 Å². The molecule has 18 heavy (non-hydrogen) atoms. The molecule has 0 aliphatic heterocycles. The van der Waals surface area contributed by atoms with Crippen LogP contribution in [0.3, 0.4) is 0 Å². The van der Waals surface area contributed by atoms with Gasteiger partial charge in [0.25, 0.3) is 0 Å². The molecule has 0 heterocycles. The average Bonchev–Trinajstić information content (AvgIpc) is 2.31. The van der Waals surface area contributed by atoms with Gasteiger partial charge in [-0.2, -0.15) is 0 Å². The molecule has 0 amide bonds. The molecule has 0 unspecified atom stereocenters. The third kappa shape index (κ3) is 29.7. The molecule has 0 aliphatic rings. The summed E-state index contributed by atoms with van der Waals surface area (Å²) in [4.78, 5) is 2.00. The van der Waals surface area contributed by atoms with Crippen LogP contribution in [-0.4, -0.2) is 26.0 Å². The molecule has 0 saturated carbocycles. The maximum atomic E-state index is 3.86. The molecule has 111 valence electrons. The zero-order chi connectivity index (χ0) is 14.1. The second-order valence-electron chi connectivity index (χ2n) is 5.73. The van der Waals surface area contributed by atoms with E-state index in [1.807, 2.05) is 26.0 Å². The summed E-state index contributed by atoms with van der Waals surface area (Å²) in [5, 5.41) is 0. The highest BCUT2D eigenvalue weighted by Gasteiger charge is 1.91. The van der Waals surface area contributed by atoms with Gasteiger partial charge in [-0.15, -0.1) is 0 Å². The van der Waals surface area contributed by atoms with Gasteiger partial charge in [-0.1, -0.05) is 90.9 Å². The van der Waals surface area contributed by atoms with Gasteiger partial charge in [0.2, 0.25) is 0 Å². The first-order chi connectivity index (χ1) is 8.65. The van der Waals surface area contributed by atoms with Crippen LogP contribution < -0.4 is 0 Å².